The molecule has 2 fully saturated rings. The van der Waals surface area contributed by atoms with Crippen LogP contribution >= 0.6 is 11.8 Å². The van der Waals surface area contributed by atoms with E-state index in [2.05, 4.69) is 20.5 Å². The smallest absolute Gasteiger partial charge is 0.408 e. The molecule has 0 radical (unpaired) electrons. The standard InChI is InChI=1S/C33H33N5O7S/c39-17-22-8-10-24(11-9-22)28-14-26(19-46-32-34-20-35-37-32)44-31(45-28)25-12-6-21(7-13-25)16-38-29(40)15-27(30(38)41)36-33(42)43-18-23-4-2-1-3-5-23/h1-13,20,26-28,31,39H,14-19H2,(H,36,42)(H,34,35,37)/t26-,27?,28+,31+/m1/s1. The predicted molar refractivity (Wildman–Crippen MR) is 166 cm³/mol. The third kappa shape index (κ3) is 7.80. The van der Waals surface area contributed by atoms with Crippen molar-refractivity contribution in [1.29, 1.82) is 0 Å². The van der Waals surface area contributed by atoms with Crippen LogP contribution in [0, 0.1) is 0 Å². The van der Waals surface area contributed by atoms with E-state index in [1.807, 2.05) is 78.9 Å². The Morgan fingerprint density at radius 2 is 1.72 bits per heavy atom. The van der Waals surface area contributed by atoms with E-state index in [1.165, 1.54) is 18.1 Å². The first-order valence-electron chi connectivity index (χ1n) is 14.8. The lowest BCUT2D eigenvalue weighted by Crippen LogP contribution is -2.41. The second kappa shape index (κ2) is 14.7. The quantitative estimate of drug-likeness (QED) is 0.160. The Bertz CT molecular complexity index is 1620. The van der Waals surface area contributed by atoms with Gasteiger partial charge in [-0.3, -0.25) is 19.6 Å². The van der Waals surface area contributed by atoms with Crippen LogP contribution in [0.4, 0.5) is 4.79 Å². The van der Waals surface area contributed by atoms with Gasteiger partial charge < -0.3 is 24.6 Å². The molecule has 4 aromatic rings. The van der Waals surface area contributed by atoms with E-state index in [0.717, 1.165) is 32.7 Å². The van der Waals surface area contributed by atoms with Gasteiger partial charge in [0.1, 0.15) is 19.0 Å². The van der Waals surface area contributed by atoms with Crippen molar-refractivity contribution in [3.63, 3.8) is 0 Å². The minimum atomic E-state index is -0.978. The van der Waals surface area contributed by atoms with Gasteiger partial charge in [-0.2, -0.15) is 5.10 Å². The average molecular weight is 644 g/mol. The number of hydrogen-bond acceptors (Lipinski definition) is 10. The SMILES string of the molecule is O=C(NC1CC(=O)N(Cc2ccc([C@H]3O[C@@H](CSc4ncn[nH]4)C[C@@H](c4ccc(CO)cc4)O3)cc2)C1=O)OCc1ccccc1. The molecule has 12 nitrogen and oxygen atoms in total. The molecule has 3 N–H and O–H groups in total. The number of nitrogens with zero attached hydrogens (tertiary/aromatic N) is 3. The van der Waals surface area contributed by atoms with E-state index in [-0.39, 0.29) is 44.3 Å². The lowest BCUT2D eigenvalue weighted by atomic mass is 10.0. The fourth-order valence-electron chi connectivity index (χ4n) is 5.29. The van der Waals surface area contributed by atoms with Gasteiger partial charge in [0.15, 0.2) is 11.4 Å². The van der Waals surface area contributed by atoms with Crippen molar-refractivity contribution < 1.29 is 33.7 Å². The first-order valence-corrected chi connectivity index (χ1v) is 15.8. The number of likely N-dealkylation sites (tertiary alicyclic amines) is 1. The number of aromatic amines is 1. The molecule has 0 aliphatic carbocycles. The number of nitrogens with one attached hydrogen (secondary N) is 2. The number of aliphatic hydroxyl groups excluding tert-OH is 1. The molecule has 0 bridgehead atoms. The Morgan fingerprint density at radius 3 is 2.43 bits per heavy atom. The van der Waals surface area contributed by atoms with E-state index in [0.29, 0.717) is 17.3 Å². The summed E-state index contributed by atoms with van der Waals surface area (Å²) < 4.78 is 18.0. The van der Waals surface area contributed by atoms with Crippen molar-refractivity contribution in [3.05, 3.63) is 113 Å². The summed E-state index contributed by atoms with van der Waals surface area (Å²) in [7, 11) is 0. The van der Waals surface area contributed by atoms with Gasteiger partial charge in [0.25, 0.3) is 5.91 Å². The summed E-state index contributed by atoms with van der Waals surface area (Å²) in [6.07, 6.45) is 0.154. The van der Waals surface area contributed by atoms with Crippen LogP contribution in [0.5, 0.6) is 0 Å². The van der Waals surface area contributed by atoms with Crippen LogP contribution in [0.1, 0.15) is 53.1 Å². The van der Waals surface area contributed by atoms with Gasteiger partial charge in [0.2, 0.25) is 5.91 Å². The molecule has 1 unspecified atom stereocenters. The van der Waals surface area contributed by atoms with Crippen molar-refractivity contribution in [2.45, 2.75) is 62.3 Å². The van der Waals surface area contributed by atoms with E-state index in [1.54, 1.807) is 0 Å². The highest BCUT2D eigenvalue weighted by atomic mass is 32.2. The van der Waals surface area contributed by atoms with Crippen molar-refractivity contribution in [3.8, 4) is 0 Å². The molecular weight excluding hydrogens is 610 g/mol. The summed E-state index contributed by atoms with van der Waals surface area (Å²) in [6.45, 7) is 0.0923. The van der Waals surface area contributed by atoms with Gasteiger partial charge in [-0.15, -0.1) is 0 Å². The van der Waals surface area contributed by atoms with Crippen LogP contribution in [-0.2, 0) is 43.6 Å². The number of carbonyl (C=O) groups is 3. The number of carbonyl (C=O) groups excluding carboxylic acids is 3. The molecule has 238 valence electrons. The van der Waals surface area contributed by atoms with Crippen LogP contribution < -0.4 is 5.32 Å². The van der Waals surface area contributed by atoms with Crippen LogP contribution in [0.3, 0.4) is 0 Å². The van der Waals surface area contributed by atoms with Crippen LogP contribution in [-0.4, -0.2) is 61.0 Å². The van der Waals surface area contributed by atoms with E-state index in [4.69, 9.17) is 14.2 Å². The number of imide groups is 1. The summed E-state index contributed by atoms with van der Waals surface area (Å²) in [5.74, 6) is -0.220. The van der Waals surface area contributed by atoms with Crippen molar-refractivity contribution in [1.82, 2.24) is 25.4 Å². The Labute approximate surface area is 269 Å². The summed E-state index contributed by atoms with van der Waals surface area (Å²) in [6, 6.07) is 23.3. The highest BCUT2D eigenvalue weighted by molar-refractivity contribution is 7.99. The average Bonchev–Trinajstić information content (AvgIpc) is 3.71. The van der Waals surface area contributed by atoms with Crippen molar-refractivity contribution >= 4 is 29.7 Å². The summed E-state index contributed by atoms with van der Waals surface area (Å²) >= 11 is 1.51. The molecule has 6 rings (SSSR count). The zero-order valence-electron chi connectivity index (χ0n) is 24.8. The number of aromatic nitrogens is 3. The number of thioether (sulfide) groups is 1. The molecule has 4 atom stereocenters. The Kier molecular flexibility index (Phi) is 10.0. The molecule has 3 amide bonds. The zero-order chi connectivity index (χ0) is 31.9. The first kappa shape index (κ1) is 31.4. The largest absolute Gasteiger partial charge is 0.445 e. The van der Waals surface area contributed by atoms with E-state index in [9.17, 15) is 19.5 Å². The molecule has 0 saturated carbocycles. The van der Waals surface area contributed by atoms with Crippen molar-refractivity contribution in [2.75, 3.05) is 5.75 Å². The second-order valence-corrected chi connectivity index (χ2v) is 12.0. The van der Waals surface area contributed by atoms with Crippen LogP contribution in [0.15, 0.2) is 90.3 Å². The Hall–Kier alpha value is -4.56. The van der Waals surface area contributed by atoms with Crippen LogP contribution in [0.25, 0.3) is 0 Å². The zero-order valence-corrected chi connectivity index (χ0v) is 25.6. The number of benzene rings is 3. The summed E-state index contributed by atoms with van der Waals surface area (Å²) in [5, 5.41) is 19.4. The number of ether oxygens (including phenoxy) is 3. The number of H-pyrrole nitrogens is 1. The Morgan fingerprint density at radius 1 is 0.978 bits per heavy atom. The molecule has 1 aromatic heterocycles. The van der Waals surface area contributed by atoms with Crippen LogP contribution in [0.2, 0.25) is 0 Å². The second-order valence-electron chi connectivity index (χ2n) is 11.0. The molecule has 3 aromatic carbocycles. The van der Waals surface area contributed by atoms with Gasteiger partial charge in [-0.05, 0) is 22.3 Å². The van der Waals surface area contributed by atoms with Gasteiger partial charge in [0.05, 0.1) is 31.8 Å². The molecule has 2 aliphatic heterocycles. The molecule has 2 saturated heterocycles. The molecule has 0 spiro atoms. The topological polar surface area (TPSA) is 156 Å². The maximum atomic E-state index is 13.0. The number of alkyl carbamates (subject to hydrolysis) is 1. The van der Waals surface area contributed by atoms with Gasteiger partial charge in [0, 0.05) is 17.7 Å². The number of aliphatic hydroxyl groups is 1. The normalized spacial score (nSPS) is 21.4. The monoisotopic (exact) mass is 643 g/mol. The lowest BCUT2D eigenvalue weighted by Gasteiger charge is -2.36. The molecule has 2 aliphatic rings. The molecular formula is C33H33N5O7S. The van der Waals surface area contributed by atoms with Crippen molar-refractivity contribution in [2.24, 2.45) is 0 Å². The maximum absolute atomic E-state index is 13.0. The van der Waals surface area contributed by atoms with Gasteiger partial charge in [-0.25, -0.2) is 9.78 Å². The molecule has 46 heavy (non-hydrogen) atoms. The third-order valence-electron chi connectivity index (χ3n) is 7.76. The minimum Gasteiger partial charge on any atom is -0.445 e. The fraction of sp³-hybridized carbons (Fsp3) is 0.303. The van der Waals surface area contributed by atoms with Gasteiger partial charge in [-0.1, -0.05) is 90.6 Å². The third-order valence-corrected chi connectivity index (χ3v) is 8.76. The molecule has 3 heterocycles. The molecule has 13 heteroatoms. The lowest BCUT2D eigenvalue weighted by molar-refractivity contribution is -0.245. The highest BCUT2D eigenvalue weighted by Gasteiger charge is 2.40. The van der Waals surface area contributed by atoms with E-state index >= 15 is 0 Å². The number of hydrogen-bond donors (Lipinski definition) is 3. The summed E-state index contributed by atoms with van der Waals surface area (Å²) in [4.78, 5) is 43.3. The summed E-state index contributed by atoms with van der Waals surface area (Å²) in [5.41, 5.74) is 4.14. The number of rotatable bonds is 11. The number of amides is 3. The highest BCUT2D eigenvalue weighted by Crippen LogP contribution is 2.39. The maximum Gasteiger partial charge on any atom is 0.408 e. The predicted octanol–water partition coefficient (Wildman–Crippen LogP) is 4.19. The Balaban J connectivity index is 1.08. The van der Waals surface area contributed by atoms with Gasteiger partial charge >= 0.3 is 6.09 Å². The first-order chi connectivity index (χ1) is 22.4. The fourth-order valence-corrected chi connectivity index (χ4v) is 6.09. The van der Waals surface area contributed by atoms with E-state index < -0.39 is 24.3 Å². The minimum absolute atomic E-state index is 0.0343.